The van der Waals surface area contributed by atoms with Crippen molar-refractivity contribution >= 4 is 6.03 Å². The molecule has 2 N–H and O–H groups in total. The zero-order valence-electron chi connectivity index (χ0n) is 12.3. The quantitative estimate of drug-likeness (QED) is 0.897. The minimum absolute atomic E-state index is 0.299. The fraction of sp³-hybridized carbons (Fsp3) is 0.533. The average molecular weight is 296 g/mol. The Balaban J connectivity index is 2.07. The first-order valence-electron chi connectivity index (χ1n) is 7.08. The van der Waals surface area contributed by atoms with E-state index in [2.05, 4.69) is 5.32 Å². The number of carbonyl (C=O) groups is 1. The van der Waals surface area contributed by atoms with Crippen LogP contribution in [0.5, 0.6) is 5.75 Å². The summed E-state index contributed by atoms with van der Waals surface area (Å²) < 4.78 is 19.1. The molecule has 0 radical (unpaired) electrons. The lowest BCUT2D eigenvalue weighted by Crippen LogP contribution is -2.47. The number of piperidine rings is 1. The van der Waals surface area contributed by atoms with E-state index in [-0.39, 0.29) is 6.03 Å². The van der Waals surface area contributed by atoms with Gasteiger partial charge in [0.1, 0.15) is 11.6 Å². The zero-order chi connectivity index (χ0) is 15.4. The molecule has 0 aromatic heterocycles. The number of hydrogen-bond donors (Lipinski definition) is 2. The standard InChI is InChI=1S/C15H21FN2O3/c1-10(14-12(16)6-3-7-13(14)21-2)17-15(20)18-8-4-5-11(19)9-18/h3,6-7,10-11,19H,4-5,8-9H2,1-2H3,(H,17,20). The molecule has 0 bridgehead atoms. The molecular formula is C15H21FN2O3. The van der Waals surface area contributed by atoms with Gasteiger partial charge in [0, 0.05) is 13.1 Å². The number of benzene rings is 1. The molecule has 21 heavy (non-hydrogen) atoms. The number of amides is 2. The van der Waals surface area contributed by atoms with Gasteiger partial charge in [0.2, 0.25) is 0 Å². The number of aliphatic hydroxyl groups excluding tert-OH is 1. The lowest BCUT2D eigenvalue weighted by atomic mass is 10.1. The fourth-order valence-corrected chi connectivity index (χ4v) is 2.60. The minimum atomic E-state index is -0.521. The number of urea groups is 1. The predicted molar refractivity (Wildman–Crippen MR) is 76.7 cm³/mol. The highest BCUT2D eigenvalue weighted by atomic mass is 19.1. The lowest BCUT2D eigenvalue weighted by Gasteiger charge is -2.31. The number of methoxy groups -OCH3 is 1. The maximum Gasteiger partial charge on any atom is 0.317 e. The first-order chi connectivity index (χ1) is 10.0. The number of nitrogens with zero attached hydrogens (tertiary/aromatic N) is 1. The van der Waals surface area contributed by atoms with Crippen LogP contribution >= 0.6 is 0 Å². The highest BCUT2D eigenvalue weighted by Crippen LogP contribution is 2.27. The van der Waals surface area contributed by atoms with Gasteiger partial charge >= 0.3 is 6.03 Å². The molecule has 2 rings (SSSR count). The monoisotopic (exact) mass is 296 g/mol. The number of ether oxygens (including phenoxy) is 1. The van der Waals surface area contributed by atoms with E-state index >= 15 is 0 Å². The van der Waals surface area contributed by atoms with Gasteiger partial charge in [0.05, 0.1) is 24.8 Å². The van der Waals surface area contributed by atoms with Crippen molar-refractivity contribution in [2.45, 2.75) is 31.9 Å². The number of carbonyl (C=O) groups excluding carboxylic acids is 1. The van der Waals surface area contributed by atoms with E-state index in [1.807, 2.05) is 0 Å². The molecule has 2 amide bonds. The van der Waals surface area contributed by atoms with Gasteiger partial charge in [0.25, 0.3) is 0 Å². The molecule has 116 valence electrons. The van der Waals surface area contributed by atoms with Crippen molar-refractivity contribution in [3.63, 3.8) is 0 Å². The summed E-state index contributed by atoms with van der Waals surface area (Å²) in [6.45, 7) is 2.62. The van der Waals surface area contributed by atoms with Crippen molar-refractivity contribution in [1.29, 1.82) is 0 Å². The van der Waals surface area contributed by atoms with Crippen LogP contribution in [0.25, 0.3) is 0 Å². The lowest BCUT2D eigenvalue weighted by molar-refractivity contribution is 0.0834. The van der Waals surface area contributed by atoms with Crippen LogP contribution in [0.4, 0.5) is 9.18 Å². The Labute approximate surface area is 123 Å². The van der Waals surface area contributed by atoms with Crippen LogP contribution < -0.4 is 10.1 Å². The molecule has 0 spiro atoms. The largest absolute Gasteiger partial charge is 0.496 e. The normalized spacial score (nSPS) is 20.0. The Kier molecular flexibility index (Phi) is 5.01. The summed E-state index contributed by atoms with van der Waals surface area (Å²) in [5.41, 5.74) is 0.325. The molecule has 1 saturated heterocycles. The van der Waals surface area contributed by atoms with E-state index in [0.29, 0.717) is 30.8 Å². The first kappa shape index (κ1) is 15.6. The SMILES string of the molecule is COc1cccc(F)c1C(C)NC(=O)N1CCCC(O)C1. The van der Waals surface area contributed by atoms with E-state index in [4.69, 9.17) is 4.74 Å². The molecule has 6 heteroatoms. The summed E-state index contributed by atoms with van der Waals surface area (Å²) >= 11 is 0. The van der Waals surface area contributed by atoms with Gasteiger partial charge in [-0.3, -0.25) is 0 Å². The topological polar surface area (TPSA) is 61.8 Å². The van der Waals surface area contributed by atoms with Crippen LogP contribution in [-0.2, 0) is 0 Å². The number of β-amino-alcohol motifs (C(OH)–C–C–N with tert-alkyl or cyclic N) is 1. The second-order valence-corrected chi connectivity index (χ2v) is 5.27. The number of rotatable bonds is 3. The number of hydrogen-bond acceptors (Lipinski definition) is 3. The zero-order valence-corrected chi connectivity index (χ0v) is 12.3. The van der Waals surface area contributed by atoms with Gasteiger partial charge in [-0.2, -0.15) is 0 Å². The number of nitrogens with one attached hydrogen (secondary N) is 1. The molecule has 0 aliphatic carbocycles. The predicted octanol–water partition coefficient (Wildman–Crippen LogP) is 2.06. The summed E-state index contributed by atoms with van der Waals surface area (Å²) in [6, 6.07) is 3.74. The Bertz CT molecular complexity index is 510. The van der Waals surface area contributed by atoms with Gasteiger partial charge in [-0.1, -0.05) is 6.07 Å². The minimum Gasteiger partial charge on any atom is -0.496 e. The summed E-state index contributed by atoms with van der Waals surface area (Å²) in [5.74, 6) is -0.0118. The second kappa shape index (κ2) is 6.76. The van der Waals surface area contributed by atoms with Gasteiger partial charge in [-0.05, 0) is 31.9 Å². The molecule has 5 nitrogen and oxygen atoms in total. The molecule has 1 aliphatic rings. The molecule has 1 aromatic rings. The fourth-order valence-electron chi connectivity index (χ4n) is 2.60. The summed E-state index contributed by atoms with van der Waals surface area (Å²) in [4.78, 5) is 13.7. The Hall–Kier alpha value is -1.82. The maximum absolute atomic E-state index is 14.0. The highest BCUT2D eigenvalue weighted by molar-refractivity contribution is 5.75. The third-order valence-corrected chi connectivity index (χ3v) is 3.69. The van der Waals surface area contributed by atoms with E-state index < -0.39 is 18.0 Å². The van der Waals surface area contributed by atoms with Gasteiger partial charge in [-0.25, -0.2) is 9.18 Å². The van der Waals surface area contributed by atoms with E-state index in [1.54, 1.807) is 24.0 Å². The average Bonchev–Trinajstić information content (AvgIpc) is 2.46. The number of likely N-dealkylation sites (tertiary alicyclic amines) is 1. The molecule has 2 atom stereocenters. The molecule has 2 unspecified atom stereocenters. The summed E-state index contributed by atoms with van der Waals surface area (Å²) in [5, 5.41) is 12.4. The van der Waals surface area contributed by atoms with Crippen molar-refractivity contribution < 1.29 is 19.0 Å². The molecule has 1 aromatic carbocycles. The molecule has 1 aliphatic heterocycles. The molecule has 0 saturated carbocycles. The second-order valence-electron chi connectivity index (χ2n) is 5.27. The smallest absolute Gasteiger partial charge is 0.317 e. The van der Waals surface area contributed by atoms with Crippen LogP contribution in [0.15, 0.2) is 18.2 Å². The number of aliphatic hydroxyl groups is 1. The van der Waals surface area contributed by atoms with Crippen LogP contribution in [-0.4, -0.2) is 42.3 Å². The number of halogens is 1. The van der Waals surface area contributed by atoms with Gasteiger partial charge < -0.3 is 20.1 Å². The third-order valence-electron chi connectivity index (χ3n) is 3.69. The van der Waals surface area contributed by atoms with Crippen molar-refractivity contribution in [2.24, 2.45) is 0 Å². The van der Waals surface area contributed by atoms with Crippen LogP contribution in [0.1, 0.15) is 31.4 Å². The van der Waals surface area contributed by atoms with E-state index in [0.717, 1.165) is 6.42 Å². The van der Waals surface area contributed by atoms with Crippen LogP contribution in [0.3, 0.4) is 0 Å². The first-order valence-corrected chi connectivity index (χ1v) is 7.08. The van der Waals surface area contributed by atoms with Gasteiger partial charge in [-0.15, -0.1) is 0 Å². The Morgan fingerprint density at radius 1 is 1.57 bits per heavy atom. The van der Waals surface area contributed by atoms with Crippen molar-refractivity contribution in [3.05, 3.63) is 29.6 Å². The Morgan fingerprint density at radius 3 is 3.00 bits per heavy atom. The van der Waals surface area contributed by atoms with Crippen LogP contribution in [0, 0.1) is 5.82 Å². The molecule has 1 heterocycles. The van der Waals surface area contributed by atoms with Crippen LogP contribution in [0.2, 0.25) is 0 Å². The highest BCUT2D eigenvalue weighted by Gasteiger charge is 2.25. The summed E-state index contributed by atoms with van der Waals surface area (Å²) in [7, 11) is 1.47. The Morgan fingerprint density at radius 2 is 2.33 bits per heavy atom. The van der Waals surface area contributed by atoms with Crippen molar-refractivity contribution in [2.75, 3.05) is 20.2 Å². The van der Waals surface area contributed by atoms with E-state index in [1.165, 1.54) is 13.2 Å². The van der Waals surface area contributed by atoms with Crippen molar-refractivity contribution in [1.82, 2.24) is 10.2 Å². The summed E-state index contributed by atoms with van der Waals surface area (Å²) in [6.07, 6.45) is 0.995. The maximum atomic E-state index is 14.0. The molecule has 1 fully saturated rings. The molecular weight excluding hydrogens is 275 g/mol. The van der Waals surface area contributed by atoms with Crippen molar-refractivity contribution in [3.8, 4) is 5.75 Å². The van der Waals surface area contributed by atoms with E-state index in [9.17, 15) is 14.3 Å². The van der Waals surface area contributed by atoms with Gasteiger partial charge in [0.15, 0.2) is 0 Å². The third kappa shape index (κ3) is 3.64.